The molecule has 0 aliphatic carbocycles. The van der Waals surface area contributed by atoms with Gasteiger partial charge in [-0.05, 0) is 38.2 Å². The van der Waals surface area contributed by atoms with Crippen molar-refractivity contribution in [1.82, 2.24) is 9.47 Å². The Kier molecular flexibility index (Phi) is 4.36. The standard InChI is InChI=1S/C17H22N2O/c1-6-9-18(3)13(2)10-15-11-14-12-16(20-5)7-8-17(14)19(15)4/h1,7-8,11-13H,9-10H2,2-5H3. The minimum atomic E-state index is 0.413. The van der Waals surface area contributed by atoms with Crippen molar-refractivity contribution in [1.29, 1.82) is 0 Å². The van der Waals surface area contributed by atoms with E-state index in [2.05, 4.69) is 54.6 Å². The number of hydrogen-bond donors (Lipinski definition) is 0. The van der Waals surface area contributed by atoms with Crippen molar-refractivity contribution >= 4 is 10.9 Å². The molecule has 1 unspecified atom stereocenters. The van der Waals surface area contributed by atoms with Crippen LogP contribution < -0.4 is 4.74 Å². The fraction of sp³-hybridized carbons (Fsp3) is 0.412. The Morgan fingerprint density at radius 1 is 1.40 bits per heavy atom. The molecule has 0 bridgehead atoms. The molecule has 0 N–H and O–H groups in total. The van der Waals surface area contributed by atoms with E-state index in [0.717, 1.165) is 12.2 Å². The highest BCUT2D eigenvalue weighted by atomic mass is 16.5. The molecule has 0 radical (unpaired) electrons. The number of likely N-dealkylation sites (N-methyl/N-ethyl adjacent to an activating group) is 1. The van der Waals surface area contributed by atoms with Crippen molar-refractivity contribution in [2.24, 2.45) is 7.05 Å². The predicted octanol–water partition coefficient (Wildman–Crippen LogP) is 2.68. The van der Waals surface area contributed by atoms with E-state index in [1.165, 1.54) is 16.6 Å². The summed E-state index contributed by atoms with van der Waals surface area (Å²) >= 11 is 0. The van der Waals surface area contributed by atoms with Crippen LogP contribution in [0, 0.1) is 12.3 Å². The number of methoxy groups -OCH3 is 1. The molecular weight excluding hydrogens is 248 g/mol. The first kappa shape index (κ1) is 14.5. The van der Waals surface area contributed by atoms with Gasteiger partial charge in [0.1, 0.15) is 5.75 Å². The molecule has 1 aromatic carbocycles. The highest BCUT2D eigenvalue weighted by molar-refractivity contribution is 5.82. The second-order valence-electron chi connectivity index (χ2n) is 5.29. The van der Waals surface area contributed by atoms with Crippen LogP contribution in [0.25, 0.3) is 10.9 Å². The Bertz CT molecular complexity index is 636. The predicted molar refractivity (Wildman–Crippen MR) is 84.1 cm³/mol. The first-order valence-electron chi connectivity index (χ1n) is 6.83. The van der Waals surface area contributed by atoms with Gasteiger partial charge in [0.2, 0.25) is 0 Å². The largest absolute Gasteiger partial charge is 0.497 e. The molecule has 1 aromatic heterocycles. The van der Waals surface area contributed by atoms with Gasteiger partial charge in [0, 0.05) is 36.1 Å². The zero-order valence-electron chi connectivity index (χ0n) is 12.7. The molecule has 2 aromatic rings. The van der Waals surface area contributed by atoms with E-state index in [0.29, 0.717) is 12.6 Å². The molecule has 0 aliphatic rings. The van der Waals surface area contributed by atoms with Crippen LogP contribution in [0.15, 0.2) is 24.3 Å². The number of nitrogens with zero attached hydrogens (tertiary/aromatic N) is 2. The SMILES string of the molecule is C#CCN(C)C(C)Cc1cc2cc(OC)ccc2n1C. The molecule has 0 saturated heterocycles. The zero-order valence-corrected chi connectivity index (χ0v) is 12.7. The van der Waals surface area contributed by atoms with Gasteiger partial charge >= 0.3 is 0 Å². The second-order valence-corrected chi connectivity index (χ2v) is 5.29. The summed E-state index contributed by atoms with van der Waals surface area (Å²) in [6.07, 6.45) is 6.35. The minimum Gasteiger partial charge on any atom is -0.497 e. The quantitative estimate of drug-likeness (QED) is 0.777. The Morgan fingerprint density at radius 3 is 2.80 bits per heavy atom. The number of terminal acetylenes is 1. The van der Waals surface area contributed by atoms with E-state index in [9.17, 15) is 0 Å². The lowest BCUT2D eigenvalue weighted by molar-refractivity contribution is 0.284. The highest BCUT2D eigenvalue weighted by Gasteiger charge is 2.13. The van der Waals surface area contributed by atoms with Crippen LogP contribution in [0.3, 0.4) is 0 Å². The third-order valence-electron chi connectivity index (χ3n) is 3.95. The molecule has 0 spiro atoms. The lowest BCUT2D eigenvalue weighted by atomic mass is 10.1. The Morgan fingerprint density at radius 2 is 2.15 bits per heavy atom. The molecular formula is C17H22N2O. The summed E-state index contributed by atoms with van der Waals surface area (Å²) in [5, 5.41) is 1.22. The van der Waals surface area contributed by atoms with E-state index >= 15 is 0 Å². The van der Waals surface area contributed by atoms with Crippen LogP contribution in [0.2, 0.25) is 0 Å². The van der Waals surface area contributed by atoms with Gasteiger partial charge in [0.25, 0.3) is 0 Å². The molecule has 3 nitrogen and oxygen atoms in total. The van der Waals surface area contributed by atoms with E-state index in [1.807, 2.05) is 6.07 Å². The van der Waals surface area contributed by atoms with Gasteiger partial charge in [-0.25, -0.2) is 0 Å². The smallest absolute Gasteiger partial charge is 0.119 e. The molecule has 20 heavy (non-hydrogen) atoms. The Labute approximate surface area is 121 Å². The lowest BCUT2D eigenvalue weighted by Crippen LogP contribution is -2.31. The van der Waals surface area contributed by atoms with Crippen molar-refractivity contribution < 1.29 is 4.74 Å². The first-order chi connectivity index (χ1) is 9.56. The maximum atomic E-state index is 5.37. The third kappa shape index (κ3) is 2.81. The average Bonchev–Trinajstić information content (AvgIpc) is 2.75. The molecule has 1 heterocycles. The molecule has 0 amide bonds. The molecule has 0 fully saturated rings. The summed E-state index contributed by atoms with van der Waals surface area (Å²) in [4.78, 5) is 2.19. The zero-order chi connectivity index (χ0) is 14.7. The number of ether oxygens (including phenoxy) is 1. The van der Waals surface area contributed by atoms with Crippen LogP contribution in [0.5, 0.6) is 5.75 Å². The second kappa shape index (κ2) is 6.02. The number of aryl methyl sites for hydroxylation is 1. The fourth-order valence-corrected chi connectivity index (χ4v) is 2.47. The van der Waals surface area contributed by atoms with Gasteiger partial charge in [-0.1, -0.05) is 5.92 Å². The van der Waals surface area contributed by atoms with Gasteiger partial charge in [0.15, 0.2) is 0 Å². The highest BCUT2D eigenvalue weighted by Crippen LogP contribution is 2.24. The van der Waals surface area contributed by atoms with Crippen molar-refractivity contribution in [2.75, 3.05) is 20.7 Å². The van der Waals surface area contributed by atoms with Crippen LogP contribution in [0.4, 0.5) is 0 Å². The maximum absolute atomic E-state index is 5.37. The van der Waals surface area contributed by atoms with Crippen LogP contribution in [-0.2, 0) is 13.5 Å². The molecule has 1 atom stereocenters. The summed E-state index contributed by atoms with van der Waals surface area (Å²) in [6, 6.07) is 8.83. The van der Waals surface area contributed by atoms with E-state index in [1.54, 1.807) is 7.11 Å². The molecule has 106 valence electrons. The summed E-state index contributed by atoms with van der Waals surface area (Å²) in [7, 11) is 5.87. The normalized spacial score (nSPS) is 12.6. The number of aromatic nitrogens is 1. The topological polar surface area (TPSA) is 17.4 Å². The van der Waals surface area contributed by atoms with Crippen LogP contribution >= 0.6 is 0 Å². The van der Waals surface area contributed by atoms with Gasteiger partial charge in [-0.2, -0.15) is 0 Å². The maximum Gasteiger partial charge on any atom is 0.119 e. The molecule has 3 heteroatoms. The summed E-state index contributed by atoms with van der Waals surface area (Å²) < 4.78 is 7.53. The summed E-state index contributed by atoms with van der Waals surface area (Å²) in [6.45, 7) is 2.88. The number of hydrogen-bond acceptors (Lipinski definition) is 2. The van der Waals surface area contributed by atoms with Crippen molar-refractivity contribution in [2.45, 2.75) is 19.4 Å². The van der Waals surface area contributed by atoms with Crippen molar-refractivity contribution in [3.8, 4) is 18.1 Å². The number of rotatable bonds is 5. The minimum absolute atomic E-state index is 0.413. The van der Waals surface area contributed by atoms with Crippen molar-refractivity contribution in [3.63, 3.8) is 0 Å². The van der Waals surface area contributed by atoms with Gasteiger partial charge in [0.05, 0.1) is 13.7 Å². The van der Waals surface area contributed by atoms with E-state index in [-0.39, 0.29) is 0 Å². The first-order valence-corrected chi connectivity index (χ1v) is 6.83. The summed E-state index contributed by atoms with van der Waals surface area (Å²) in [5.74, 6) is 3.59. The molecule has 0 saturated carbocycles. The monoisotopic (exact) mass is 270 g/mol. The van der Waals surface area contributed by atoms with Gasteiger partial charge < -0.3 is 9.30 Å². The van der Waals surface area contributed by atoms with Crippen LogP contribution in [-0.4, -0.2) is 36.2 Å². The number of benzene rings is 1. The Hall–Kier alpha value is -1.92. The average molecular weight is 270 g/mol. The number of fused-ring (bicyclic) bond motifs is 1. The van der Waals surface area contributed by atoms with E-state index in [4.69, 9.17) is 11.2 Å². The fourth-order valence-electron chi connectivity index (χ4n) is 2.47. The molecule has 0 aliphatic heterocycles. The van der Waals surface area contributed by atoms with Gasteiger partial charge in [-0.3, -0.25) is 4.90 Å². The lowest BCUT2D eigenvalue weighted by Gasteiger charge is -2.22. The van der Waals surface area contributed by atoms with Gasteiger partial charge in [-0.15, -0.1) is 6.42 Å². The Balaban J connectivity index is 2.27. The van der Waals surface area contributed by atoms with Crippen LogP contribution in [0.1, 0.15) is 12.6 Å². The third-order valence-corrected chi connectivity index (χ3v) is 3.95. The summed E-state index contributed by atoms with van der Waals surface area (Å²) in [5.41, 5.74) is 2.54. The van der Waals surface area contributed by atoms with Crippen molar-refractivity contribution in [3.05, 3.63) is 30.0 Å². The van der Waals surface area contributed by atoms with E-state index < -0.39 is 0 Å². The molecule has 2 rings (SSSR count).